The molecular formula is C23H17N3O2S. The zero-order valence-electron chi connectivity index (χ0n) is 15.7. The maximum Gasteiger partial charge on any atom is 0.336 e. The fraction of sp³-hybridized carbons (Fsp3) is 0.0870. The molecule has 0 saturated heterocycles. The van der Waals surface area contributed by atoms with Gasteiger partial charge in [0.15, 0.2) is 0 Å². The molecule has 4 aromatic rings. The van der Waals surface area contributed by atoms with E-state index >= 15 is 0 Å². The maximum atomic E-state index is 11.3. The van der Waals surface area contributed by atoms with Crippen LogP contribution in [0.1, 0.15) is 17.5 Å². The number of allylic oxidation sites excluding steroid dienone is 1. The third-order valence-corrected chi connectivity index (χ3v) is 5.39. The van der Waals surface area contributed by atoms with Crippen LogP contribution in [0.25, 0.3) is 27.8 Å². The number of aromatic nitrogens is 1. The predicted molar refractivity (Wildman–Crippen MR) is 117 cm³/mol. The summed E-state index contributed by atoms with van der Waals surface area (Å²) in [5.41, 5.74) is 4.54. The number of nitriles is 1. The molecule has 0 aliphatic rings. The van der Waals surface area contributed by atoms with Gasteiger partial charge in [-0.3, -0.25) is 0 Å². The van der Waals surface area contributed by atoms with Crippen molar-refractivity contribution in [2.75, 3.05) is 5.32 Å². The van der Waals surface area contributed by atoms with Gasteiger partial charge in [0.2, 0.25) is 0 Å². The Morgan fingerprint density at radius 2 is 2.03 bits per heavy atom. The van der Waals surface area contributed by atoms with Gasteiger partial charge in [0.25, 0.3) is 0 Å². The second kappa shape index (κ2) is 8.13. The van der Waals surface area contributed by atoms with E-state index in [0.29, 0.717) is 16.2 Å². The quantitative estimate of drug-likeness (QED) is 0.356. The number of hydrogen-bond acceptors (Lipinski definition) is 6. The monoisotopic (exact) mass is 399 g/mol. The maximum absolute atomic E-state index is 11.3. The summed E-state index contributed by atoms with van der Waals surface area (Å²) in [5.74, 6) is 0. The molecular weight excluding hydrogens is 382 g/mol. The van der Waals surface area contributed by atoms with Gasteiger partial charge in [0.05, 0.1) is 5.69 Å². The molecule has 6 heteroatoms. The zero-order chi connectivity index (χ0) is 20.2. The lowest BCUT2D eigenvalue weighted by atomic mass is 10.1. The number of thiazole rings is 1. The number of fused-ring (bicyclic) bond motifs is 1. The van der Waals surface area contributed by atoms with Crippen LogP contribution in [0, 0.1) is 11.3 Å². The summed E-state index contributed by atoms with van der Waals surface area (Å²) in [6, 6.07) is 19.0. The van der Waals surface area contributed by atoms with Crippen LogP contribution in [-0.4, -0.2) is 4.98 Å². The molecule has 1 N–H and O–H groups in total. The summed E-state index contributed by atoms with van der Waals surface area (Å²) in [5, 5.41) is 16.1. The fourth-order valence-electron chi connectivity index (χ4n) is 2.90. The number of hydrogen-bond donors (Lipinski definition) is 1. The minimum atomic E-state index is -0.381. The first-order chi connectivity index (χ1) is 14.2. The standard InChI is InChI=1S/C23H17N3O2S/c1-2-15-3-5-16(6-4-15)20-14-29-23(26-20)18(12-24)13-25-19-8-9-21-17(11-19)7-10-22(27)28-21/h3-11,13-14,25H,2H2,1H3/b18-13+. The summed E-state index contributed by atoms with van der Waals surface area (Å²) in [6.07, 6.45) is 2.64. The van der Waals surface area contributed by atoms with Crippen molar-refractivity contribution in [2.45, 2.75) is 13.3 Å². The lowest BCUT2D eigenvalue weighted by Gasteiger charge is -2.03. The van der Waals surface area contributed by atoms with E-state index in [9.17, 15) is 10.1 Å². The highest BCUT2D eigenvalue weighted by Gasteiger charge is 2.09. The van der Waals surface area contributed by atoms with Crippen molar-refractivity contribution in [3.8, 4) is 17.3 Å². The van der Waals surface area contributed by atoms with E-state index in [1.165, 1.54) is 23.0 Å². The van der Waals surface area contributed by atoms with Crippen molar-refractivity contribution in [3.05, 3.63) is 87.2 Å². The molecule has 0 radical (unpaired) electrons. The largest absolute Gasteiger partial charge is 0.423 e. The first kappa shape index (κ1) is 18.7. The number of nitrogens with one attached hydrogen (secondary N) is 1. The first-order valence-corrected chi connectivity index (χ1v) is 10.00. The van der Waals surface area contributed by atoms with Gasteiger partial charge in [-0.25, -0.2) is 9.78 Å². The molecule has 5 nitrogen and oxygen atoms in total. The van der Waals surface area contributed by atoms with Gasteiger partial charge in [-0.05, 0) is 36.2 Å². The molecule has 0 aliphatic carbocycles. The summed E-state index contributed by atoms with van der Waals surface area (Å²) >= 11 is 1.43. The van der Waals surface area contributed by atoms with Crippen LogP contribution in [0.5, 0.6) is 0 Å². The Balaban J connectivity index is 1.56. The van der Waals surface area contributed by atoms with E-state index in [4.69, 9.17) is 4.42 Å². The van der Waals surface area contributed by atoms with Crippen molar-refractivity contribution in [1.29, 1.82) is 5.26 Å². The van der Waals surface area contributed by atoms with Crippen LogP contribution in [0.3, 0.4) is 0 Å². The SMILES string of the molecule is CCc1ccc(-c2csc(/C(C#N)=C/Nc3ccc4oc(=O)ccc4c3)n2)cc1. The van der Waals surface area contributed by atoms with Crippen molar-refractivity contribution >= 4 is 33.6 Å². The summed E-state index contributed by atoms with van der Waals surface area (Å²) in [4.78, 5) is 15.9. The Labute approximate surface area is 171 Å². The van der Waals surface area contributed by atoms with E-state index in [0.717, 1.165) is 28.8 Å². The molecule has 2 aromatic carbocycles. The molecule has 2 aromatic heterocycles. The Morgan fingerprint density at radius 1 is 1.21 bits per heavy atom. The number of benzene rings is 2. The van der Waals surface area contributed by atoms with Gasteiger partial charge in [-0.15, -0.1) is 11.3 Å². The van der Waals surface area contributed by atoms with Gasteiger partial charge >= 0.3 is 5.63 Å². The average Bonchev–Trinajstić information content (AvgIpc) is 3.24. The van der Waals surface area contributed by atoms with Crippen LogP contribution in [-0.2, 0) is 6.42 Å². The molecule has 0 bridgehead atoms. The molecule has 29 heavy (non-hydrogen) atoms. The lowest BCUT2D eigenvalue weighted by molar-refractivity contribution is 0.561. The lowest BCUT2D eigenvalue weighted by Crippen LogP contribution is -1.95. The average molecular weight is 399 g/mol. The molecule has 0 aliphatic heterocycles. The Bertz CT molecular complexity index is 1290. The third-order valence-electron chi connectivity index (χ3n) is 4.52. The Kier molecular flexibility index (Phi) is 5.23. The third kappa shape index (κ3) is 4.10. The molecule has 0 atom stereocenters. The topological polar surface area (TPSA) is 78.9 Å². The highest BCUT2D eigenvalue weighted by atomic mass is 32.1. The molecule has 2 heterocycles. The van der Waals surface area contributed by atoms with Crippen LogP contribution < -0.4 is 10.9 Å². The first-order valence-electron chi connectivity index (χ1n) is 9.12. The second-order valence-corrected chi connectivity index (χ2v) is 7.27. The van der Waals surface area contributed by atoms with Gasteiger partial charge in [-0.2, -0.15) is 5.26 Å². The fourth-order valence-corrected chi connectivity index (χ4v) is 3.69. The van der Waals surface area contributed by atoms with Crippen LogP contribution in [0.2, 0.25) is 0 Å². The van der Waals surface area contributed by atoms with E-state index in [1.807, 2.05) is 11.4 Å². The Morgan fingerprint density at radius 3 is 2.79 bits per heavy atom. The summed E-state index contributed by atoms with van der Waals surface area (Å²) in [6.45, 7) is 2.12. The van der Waals surface area contributed by atoms with Crippen LogP contribution in [0.15, 0.2) is 75.4 Å². The highest BCUT2D eigenvalue weighted by molar-refractivity contribution is 7.11. The molecule has 142 valence electrons. The summed E-state index contributed by atoms with van der Waals surface area (Å²) in [7, 11) is 0. The molecule has 4 rings (SSSR count). The molecule has 0 amide bonds. The highest BCUT2D eigenvalue weighted by Crippen LogP contribution is 2.27. The smallest absolute Gasteiger partial charge is 0.336 e. The van der Waals surface area contributed by atoms with Crippen molar-refractivity contribution in [1.82, 2.24) is 4.98 Å². The normalized spacial score (nSPS) is 11.4. The number of anilines is 1. The van der Waals surface area contributed by atoms with E-state index in [2.05, 4.69) is 47.6 Å². The van der Waals surface area contributed by atoms with Crippen LogP contribution >= 0.6 is 11.3 Å². The van der Waals surface area contributed by atoms with Gasteiger partial charge in [0.1, 0.15) is 22.2 Å². The van der Waals surface area contributed by atoms with Gasteiger partial charge < -0.3 is 9.73 Å². The molecule has 0 spiro atoms. The Hall–Kier alpha value is -3.69. The van der Waals surface area contributed by atoms with Crippen molar-refractivity contribution in [3.63, 3.8) is 0 Å². The number of aryl methyl sites for hydroxylation is 1. The number of nitrogens with zero attached hydrogens (tertiary/aromatic N) is 2. The van der Waals surface area contributed by atoms with Gasteiger partial charge in [-0.1, -0.05) is 31.2 Å². The molecule has 0 saturated carbocycles. The second-order valence-electron chi connectivity index (χ2n) is 6.41. The molecule has 0 fully saturated rings. The van der Waals surface area contributed by atoms with E-state index in [1.54, 1.807) is 24.4 Å². The minimum Gasteiger partial charge on any atom is -0.423 e. The number of rotatable bonds is 5. The van der Waals surface area contributed by atoms with Gasteiger partial charge in [0, 0.05) is 34.3 Å². The van der Waals surface area contributed by atoms with Crippen molar-refractivity contribution in [2.24, 2.45) is 0 Å². The predicted octanol–water partition coefficient (Wildman–Crippen LogP) is 5.46. The summed E-state index contributed by atoms with van der Waals surface area (Å²) < 4.78 is 5.13. The van der Waals surface area contributed by atoms with E-state index in [-0.39, 0.29) is 5.63 Å². The van der Waals surface area contributed by atoms with Crippen molar-refractivity contribution < 1.29 is 4.42 Å². The minimum absolute atomic E-state index is 0.381. The van der Waals surface area contributed by atoms with E-state index < -0.39 is 0 Å². The molecule has 0 unspecified atom stereocenters. The zero-order valence-corrected chi connectivity index (χ0v) is 16.5. The van der Waals surface area contributed by atoms with Crippen LogP contribution in [0.4, 0.5) is 5.69 Å².